The molecule has 0 aliphatic carbocycles. The molecular formula is C12H12N2O3. The number of ketones is 1. The average molecular weight is 232 g/mol. The molecule has 2 heterocycles. The van der Waals surface area contributed by atoms with E-state index in [0.717, 1.165) is 5.65 Å². The summed E-state index contributed by atoms with van der Waals surface area (Å²) >= 11 is 0. The Morgan fingerprint density at radius 2 is 2.24 bits per heavy atom. The molecule has 0 bridgehead atoms. The summed E-state index contributed by atoms with van der Waals surface area (Å²) in [6.07, 6.45) is 3.40. The molecule has 0 atom stereocenters. The number of esters is 1. The molecule has 0 saturated carbocycles. The molecule has 0 unspecified atom stereocenters. The summed E-state index contributed by atoms with van der Waals surface area (Å²) in [6, 6.07) is 5.53. The molecule has 0 saturated heterocycles. The van der Waals surface area contributed by atoms with E-state index in [4.69, 9.17) is 0 Å². The van der Waals surface area contributed by atoms with Crippen LogP contribution in [0.3, 0.4) is 0 Å². The summed E-state index contributed by atoms with van der Waals surface area (Å²) in [5, 5.41) is 0. The van der Waals surface area contributed by atoms with Gasteiger partial charge in [-0.15, -0.1) is 0 Å². The van der Waals surface area contributed by atoms with Crippen molar-refractivity contribution in [1.29, 1.82) is 0 Å². The number of carbonyl (C=O) groups is 2. The SMILES string of the molecule is CCOC(=O)C(=O)Cc1cnc2ccccn12. The molecule has 0 fully saturated rings. The van der Waals surface area contributed by atoms with Crippen LogP contribution in [0, 0.1) is 0 Å². The van der Waals surface area contributed by atoms with Crippen molar-refractivity contribution in [3.05, 3.63) is 36.3 Å². The highest BCUT2D eigenvalue weighted by atomic mass is 16.5. The van der Waals surface area contributed by atoms with Crippen molar-refractivity contribution >= 4 is 17.4 Å². The average Bonchev–Trinajstić information content (AvgIpc) is 2.73. The van der Waals surface area contributed by atoms with Gasteiger partial charge >= 0.3 is 5.97 Å². The van der Waals surface area contributed by atoms with Crippen LogP contribution in [0.25, 0.3) is 5.65 Å². The van der Waals surface area contributed by atoms with Gasteiger partial charge in [0.2, 0.25) is 5.78 Å². The number of imidazole rings is 1. The number of pyridine rings is 1. The van der Waals surface area contributed by atoms with E-state index < -0.39 is 11.8 Å². The van der Waals surface area contributed by atoms with Gasteiger partial charge in [-0.25, -0.2) is 9.78 Å². The third kappa shape index (κ3) is 2.33. The number of rotatable bonds is 4. The summed E-state index contributed by atoms with van der Waals surface area (Å²) in [7, 11) is 0. The van der Waals surface area contributed by atoms with Crippen molar-refractivity contribution in [2.45, 2.75) is 13.3 Å². The lowest BCUT2D eigenvalue weighted by Gasteiger charge is -2.01. The number of fused-ring (bicyclic) bond motifs is 1. The van der Waals surface area contributed by atoms with Crippen LogP contribution in [0.2, 0.25) is 0 Å². The number of ether oxygens (including phenoxy) is 1. The van der Waals surface area contributed by atoms with Gasteiger partial charge in [-0.2, -0.15) is 0 Å². The molecule has 5 nitrogen and oxygen atoms in total. The third-order valence-corrected chi connectivity index (χ3v) is 2.34. The molecule has 0 aromatic carbocycles. The Bertz CT molecular complexity index is 560. The fraction of sp³-hybridized carbons (Fsp3) is 0.250. The van der Waals surface area contributed by atoms with Crippen molar-refractivity contribution in [2.75, 3.05) is 6.61 Å². The Balaban J connectivity index is 2.19. The summed E-state index contributed by atoms with van der Waals surface area (Å²) in [5.41, 5.74) is 1.43. The zero-order valence-electron chi connectivity index (χ0n) is 9.42. The zero-order chi connectivity index (χ0) is 12.3. The molecule has 2 aromatic heterocycles. The number of Topliss-reactive ketones (excluding diaryl/α,β-unsaturated/α-hetero) is 1. The molecular weight excluding hydrogens is 220 g/mol. The van der Waals surface area contributed by atoms with Gasteiger partial charge in [0.05, 0.1) is 18.7 Å². The number of hydrogen-bond donors (Lipinski definition) is 0. The minimum atomic E-state index is -0.793. The fourth-order valence-electron chi connectivity index (χ4n) is 1.56. The van der Waals surface area contributed by atoms with Crippen LogP contribution in [-0.4, -0.2) is 27.7 Å². The van der Waals surface area contributed by atoms with E-state index in [1.807, 2.05) is 18.2 Å². The second-order valence-corrected chi connectivity index (χ2v) is 3.50. The van der Waals surface area contributed by atoms with Crippen molar-refractivity contribution < 1.29 is 14.3 Å². The van der Waals surface area contributed by atoms with E-state index in [2.05, 4.69) is 9.72 Å². The first-order chi connectivity index (χ1) is 8.22. The van der Waals surface area contributed by atoms with E-state index in [-0.39, 0.29) is 13.0 Å². The van der Waals surface area contributed by atoms with Crippen LogP contribution in [0.5, 0.6) is 0 Å². The Morgan fingerprint density at radius 1 is 1.41 bits per heavy atom. The zero-order valence-corrected chi connectivity index (χ0v) is 9.42. The number of nitrogens with zero attached hydrogens (tertiary/aromatic N) is 2. The molecule has 5 heteroatoms. The van der Waals surface area contributed by atoms with Crippen LogP contribution in [-0.2, 0) is 20.7 Å². The van der Waals surface area contributed by atoms with E-state index in [1.165, 1.54) is 0 Å². The van der Waals surface area contributed by atoms with Gasteiger partial charge in [0.15, 0.2) is 0 Å². The molecule has 17 heavy (non-hydrogen) atoms. The summed E-state index contributed by atoms with van der Waals surface area (Å²) in [5.74, 6) is -1.35. The van der Waals surface area contributed by atoms with Crippen LogP contribution < -0.4 is 0 Å². The number of aromatic nitrogens is 2. The second-order valence-electron chi connectivity index (χ2n) is 3.50. The van der Waals surface area contributed by atoms with Crippen molar-refractivity contribution in [2.24, 2.45) is 0 Å². The third-order valence-electron chi connectivity index (χ3n) is 2.34. The van der Waals surface area contributed by atoms with Gasteiger partial charge in [-0.3, -0.25) is 4.79 Å². The first kappa shape index (κ1) is 11.3. The van der Waals surface area contributed by atoms with Gasteiger partial charge in [0.25, 0.3) is 0 Å². The number of carbonyl (C=O) groups excluding carboxylic acids is 2. The van der Waals surface area contributed by atoms with Crippen molar-refractivity contribution in [1.82, 2.24) is 9.38 Å². The maximum absolute atomic E-state index is 11.5. The van der Waals surface area contributed by atoms with E-state index >= 15 is 0 Å². The first-order valence-electron chi connectivity index (χ1n) is 5.33. The topological polar surface area (TPSA) is 60.7 Å². The lowest BCUT2D eigenvalue weighted by Crippen LogP contribution is -2.20. The molecule has 0 aliphatic rings. The number of hydrogen-bond acceptors (Lipinski definition) is 4. The van der Waals surface area contributed by atoms with Crippen LogP contribution in [0.15, 0.2) is 30.6 Å². The highest BCUT2D eigenvalue weighted by Crippen LogP contribution is 2.07. The van der Waals surface area contributed by atoms with Crippen LogP contribution in [0.4, 0.5) is 0 Å². The normalized spacial score (nSPS) is 10.4. The lowest BCUT2D eigenvalue weighted by molar-refractivity contribution is -0.153. The van der Waals surface area contributed by atoms with Gasteiger partial charge in [-0.05, 0) is 19.1 Å². The van der Waals surface area contributed by atoms with Crippen LogP contribution >= 0.6 is 0 Å². The van der Waals surface area contributed by atoms with Crippen LogP contribution in [0.1, 0.15) is 12.6 Å². The molecule has 0 radical (unpaired) electrons. The highest BCUT2D eigenvalue weighted by Gasteiger charge is 2.17. The van der Waals surface area contributed by atoms with E-state index in [9.17, 15) is 9.59 Å². The second kappa shape index (κ2) is 4.78. The smallest absolute Gasteiger partial charge is 0.375 e. The molecule has 0 aliphatic heterocycles. The Kier molecular flexibility index (Phi) is 3.18. The van der Waals surface area contributed by atoms with E-state index in [1.54, 1.807) is 23.7 Å². The van der Waals surface area contributed by atoms with Crippen molar-refractivity contribution in [3.63, 3.8) is 0 Å². The van der Waals surface area contributed by atoms with Gasteiger partial charge in [0.1, 0.15) is 5.65 Å². The lowest BCUT2D eigenvalue weighted by atomic mass is 10.2. The standard InChI is InChI=1S/C12H12N2O3/c1-2-17-12(16)10(15)7-9-8-13-11-5-3-4-6-14(9)11/h3-6,8H,2,7H2,1H3. The maximum atomic E-state index is 11.5. The van der Waals surface area contributed by atoms with Gasteiger partial charge < -0.3 is 9.14 Å². The molecule has 0 N–H and O–H groups in total. The predicted octanol–water partition coefficient (Wildman–Crippen LogP) is 1.01. The Labute approximate surface area is 98.0 Å². The summed E-state index contributed by atoms with van der Waals surface area (Å²) < 4.78 is 6.42. The molecule has 0 amide bonds. The molecule has 88 valence electrons. The molecule has 0 spiro atoms. The Morgan fingerprint density at radius 3 is 3.00 bits per heavy atom. The summed E-state index contributed by atoms with van der Waals surface area (Å²) in [4.78, 5) is 26.9. The van der Waals surface area contributed by atoms with Crippen molar-refractivity contribution in [3.8, 4) is 0 Å². The molecule has 2 aromatic rings. The first-order valence-corrected chi connectivity index (χ1v) is 5.33. The quantitative estimate of drug-likeness (QED) is 0.583. The highest BCUT2D eigenvalue weighted by molar-refractivity contribution is 6.34. The monoisotopic (exact) mass is 232 g/mol. The predicted molar refractivity (Wildman–Crippen MR) is 60.5 cm³/mol. The van der Waals surface area contributed by atoms with E-state index in [0.29, 0.717) is 5.69 Å². The molecule has 2 rings (SSSR count). The minimum absolute atomic E-state index is 0.00398. The Hall–Kier alpha value is -2.17. The maximum Gasteiger partial charge on any atom is 0.375 e. The van der Waals surface area contributed by atoms with Gasteiger partial charge in [-0.1, -0.05) is 6.07 Å². The largest absolute Gasteiger partial charge is 0.460 e. The summed E-state index contributed by atoms with van der Waals surface area (Å²) in [6.45, 7) is 1.87. The van der Waals surface area contributed by atoms with Gasteiger partial charge in [0, 0.05) is 12.4 Å². The fourth-order valence-corrected chi connectivity index (χ4v) is 1.56. The minimum Gasteiger partial charge on any atom is -0.460 e.